The number of halogens is 1. The number of aromatic nitrogens is 3. The number of hydrogen-bond acceptors (Lipinski definition) is 6. The lowest BCUT2D eigenvalue weighted by molar-refractivity contribution is 0.222. The summed E-state index contributed by atoms with van der Waals surface area (Å²) in [5, 5.41) is 6.09. The highest BCUT2D eigenvalue weighted by molar-refractivity contribution is 9.10. The van der Waals surface area contributed by atoms with Crippen LogP contribution in [-0.2, 0) is 0 Å². The first-order valence-electron chi connectivity index (χ1n) is 6.62. The van der Waals surface area contributed by atoms with Crippen LogP contribution in [0.4, 0.5) is 17.6 Å². The van der Waals surface area contributed by atoms with E-state index in [2.05, 4.69) is 41.5 Å². The van der Waals surface area contributed by atoms with Gasteiger partial charge in [-0.1, -0.05) is 22.0 Å². The zero-order valence-corrected chi connectivity index (χ0v) is 14.0. The number of hydrogen-bond donors (Lipinski definition) is 2. The summed E-state index contributed by atoms with van der Waals surface area (Å²) in [6.07, 6.45) is -0.00226. The van der Waals surface area contributed by atoms with E-state index < -0.39 is 0 Å². The molecule has 1 aromatic heterocycles. The first-order valence-corrected chi connectivity index (χ1v) is 7.41. The molecule has 0 atom stereocenters. The highest BCUT2D eigenvalue weighted by atomic mass is 79.9. The lowest BCUT2D eigenvalue weighted by Crippen LogP contribution is -2.12. The van der Waals surface area contributed by atoms with Gasteiger partial charge in [0.25, 0.3) is 0 Å². The molecule has 112 valence electrons. The minimum atomic E-state index is -0.00226. The van der Waals surface area contributed by atoms with Crippen LogP contribution in [0.25, 0.3) is 0 Å². The maximum absolute atomic E-state index is 5.54. The summed E-state index contributed by atoms with van der Waals surface area (Å²) in [5.41, 5.74) is 2.00. The standard InChI is InChI=1S/C14H18BrN5O/c1-8(2)21-14-19-12(16-4)18-13(20-14)17-11-7-5-6-10(15)9(11)3/h5-8H,1-4H3,(H2,16,17,18,19,20). The normalized spacial score (nSPS) is 10.6. The summed E-state index contributed by atoms with van der Waals surface area (Å²) in [5.74, 6) is 0.891. The molecule has 1 heterocycles. The molecule has 0 spiro atoms. The maximum atomic E-state index is 5.54. The minimum absolute atomic E-state index is 0.00226. The Labute approximate surface area is 132 Å². The van der Waals surface area contributed by atoms with E-state index in [4.69, 9.17) is 4.74 Å². The largest absolute Gasteiger partial charge is 0.461 e. The van der Waals surface area contributed by atoms with Crippen molar-refractivity contribution >= 4 is 33.5 Å². The fraction of sp³-hybridized carbons (Fsp3) is 0.357. The summed E-state index contributed by atoms with van der Waals surface area (Å²) in [4.78, 5) is 12.7. The summed E-state index contributed by atoms with van der Waals surface area (Å²) < 4.78 is 6.56. The number of ether oxygens (including phenoxy) is 1. The molecule has 1 aromatic carbocycles. The van der Waals surface area contributed by atoms with Gasteiger partial charge in [-0.05, 0) is 38.5 Å². The van der Waals surface area contributed by atoms with Crippen LogP contribution in [0.1, 0.15) is 19.4 Å². The van der Waals surface area contributed by atoms with Crippen molar-refractivity contribution in [2.75, 3.05) is 17.7 Å². The Hall–Kier alpha value is -1.89. The smallest absolute Gasteiger partial charge is 0.323 e. The van der Waals surface area contributed by atoms with Gasteiger partial charge < -0.3 is 15.4 Å². The third-order valence-corrected chi connectivity index (χ3v) is 3.55. The van der Waals surface area contributed by atoms with Crippen LogP contribution in [0.15, 0.2) is 22.7 Å². The SMILES string of the molecule is CNc1nc(Nc2cccc(Br)c2C)nc(OC(C)C)n1. The van der Waals surface area contributed by atoms with E-state index >= 15 is 0 Å². The van der Waals surface area contributed by atoms with Gasteiger partial charge in [0.1, 0.15) is 0 Å². The van der Waals surface area contributed by atoms with E-state index in [1.54, 1.807) is 7.05 Å². The van der Waals surface area contributed by atoms with E-state index in [9.17, 15) is 0 Å². The molecule has 6 nitrogen and oxygen atoms in total. The van der Waals surface area contributed by atoms with Crippen LogP contribution in [-0.4, -0.2) is 28.1 Å². The zero-order chi connectivity index (χ0) is 15.4. The Morgan fingerprint density at radius 2 is 1.86 bits per heavy atom. The van der Waals surface area contributed by atoms with Crippen molar-refractivity contribution < 1.29 is 4.74 Å². The van der Waals surface area contributed by atoms with Gasteiger partial charge in [-0.2, -0.15) is 15.0 Å². The molecule has 0 aliphatic heterocycles. The summed E-state index contributed by atoms with van der Waals surface area (Å²) in [6, 6.07) is 6.19. The predicted octanol–water partition coefficient (Wildman–Crippen LogP) is 3.52. The van der Waals surface area contributed by atoms with Crippen LogP contribution in [0.2, 0.25) is 0 Å². The molecule has 2 rings (SSSR count). The molecule has 2 N–H and O–H groups in total. The van der Waals surface area contributed by atoms with Gasteiger partial charge in [0.05, 0.1) is 6.10 Å². The molecule has 0 aliphatic carbocycles. The highest BCUT2D eigenvalue weighted by Gasteiger charge is 2.10. The van der Waals surface area contributed by atoms with Crippen LogP contribution in [0.3, 0.4) is 0 Å². The number of anilines is 3. The highest BCUT2D eigenvalue weighted by Crippen LogP contribution is 2.26. The topological polar surface area (TPSA) is 72.0 Å². The van der Waals surface area contributed by atoms with Gasteiger partial charge in [0, 0.05) is 17.2 Å². The first-order chi connectivity index (χ1) is 9.99. The molecule has 0 bridgehead atoms. The number of nitrogens with one attached hydrogen (secondary N) is 2. The minimum Gasteiger partial charge on any atom is -0.461 e. The average molecular weight is 352 g/mol. The molecular weight excluding hydrogens is 334 g/mol. The third kappa shape index (κ3) is 4.04. The predicted molar refractivity (Wildman–Crippen MR) is 87.3 cm³/mol. The molecule has 0 radical (unpaired) electrons. The molecule has 0 saturated heterocycles. The molecule has 0 amide bonds. The Morgan fingerprint density at radius 1 is 1.14 bits per heavy atom. The van der Waals surface area contributed by atoms with Crippen LogP contribution < -0.4 is 15.4 Å². The van der Waals surface area contributed by atoms with Gasteiger partial charge in [-0.15, -0.1) is 0 Å². The summed E-state index contributed by atoms with van der Waals surface area (Å²) >= 11 is 3.50. The Balaban J connectivity index is 2.32. The average Bonchev–Trinajstić information content (AvgIpc) is 2.43. The van der Waals surface area contributed by atoms with Crippen molar-refractivity contribution in [2.24, 2.45) is 0 Å². The number of nitrogens with zero attached hydrogens (tertiary/aromatic N) is 3. The molecule has 21 heavy (non-hydrogen) atoms. The first kappa shape index (κ1) is 15.5. The molecule has 0 fully saturated rings. The van der Waals surface area contributed by atoms with Gasteiger partial charge in [0.15, 0.2) is 0 Å². The van der Waals surface area contributed by atoms with Gasteiger partial charge in [0.2, 0.25) is 11.9 Å². The number of rotatable bonds is 5. The van der Waals surface area contributed by atoms with Crippen LogP contribution in [0.5, 0.6) is 6.01 Å². The van der Waals surface area contributed by atoms with Gasteiger partial charge in [-0.3, -0.25) is 0 Å². The van der Waals surface area contributed by atoms with E-state index in [-0.39, 0.29) is 6.10 Å². The van der Waals surface area contributed by atoms with Crippen molar-refractivity contribution in [3.63, 3.8) is 0 Å². The van der Waals surface area contributed by atoms with Crippen molar-refractivity contribution in [1.82, 2.24) is 15.0 Å². The second kappa shape index (κ2) is 6.71. The second-order valence-electron chi connectivity index (χ2n) is 4.72. The molecule has 7 heteroatoms. The van der Waals surface area contributed by atoms with E-state index in [1.165, 1.54) is 0 Å². The Kier molecular flexibility index (Phi) is 4.95. The van der Waals surface area contributed by atoms with Crippen molar-refractivity contribution in [2.45, 2.75) is 26.9 Å². The van der Waals surface area contributed by atoms with Crippen molar-refractivity contribution in [3.8, 4) is 6.01 Å². The summed E-state index contributed by atoms with van der Waals surface area (Å²) in [7, 11) is 1.75. The van der Waals surface area contributed by atoms with E-state index in [0.717, 1.165) is 15.7 Å². The summed E-state index contributed by atoms with van der Waals surface area (Å²) in [6.45, 7) is 5.86. The molecular formula is C14H18BrN5O. The quantitative estimate of drug-likeness (QED) is 0.858. The Bertz CT molecular complexity index is 633. The van der Waals surface area contributed by atoms with E-state index in [0.29, 0.717) is 17.9 Å². The fourth-order valence-electron chi connectivity index (χ4n) is 1.65. The lowest BCUT2D eigenvalue weighted by Gasteiger charge is -2.12. The third-order valence-electron chi connectivity index (χ3n) is 2.69. The van der Waals surface area contributed by atoms with Gasteiger partial charge >= 0.3 is 6.01 Å². The van der Waals surface area contributed by atoms with Crippen molar-refractivity contribution in [1.29, 1.82) is 0 Å². The maximum Gasteiger partial charge on any atom is 0.323 e. The molecule has 0 aliphatic rings. The van der Waals surface area contributed by atoms with Crippen LogP contribution >= 0.6 is 15.9 Å². The Morgan fingerprint density at radius 3 is 2.52 bits per heavy atom. The molecule has 0 unspecified atom stereocenters. The molecule has 0 saturated carbocycles. The lowest BCUT2D eigenvalue weighted by atomic mass is 10.2. The van der Waals surface area contributed by atoms with Gasteiger partial charge in [-0.25, -0.2) is 0 Å². The zero-order valence-electron chi connectivity index (χ0n) is 12.4. The fourth-order valence-corrected chi connectivity index (χ4v) is 2.02. The van der Waals surface area contributed by atoms with E-state index in [1.807, 2.05) is 39.0 Å². The molecule has 2 aromatic rings. The number of benzene rings is 1. The van der Waals surface area contributed by atoms with Crippen molar-refractivity contribution in [3.05, 3.63) is 28.2 Å². The van der Waals surface area contributed by atoms with Crippen LogP contribution in [0, 0.1) is 6.92 Å². The monoisotopic (exact) mass is 351 g/mol. The second-order valence-corrected chi connectivity index (χ2v) is 5.57.